The first-order valence-electron chi connectivity index (χ1n) is 10.1. The van der Waals surface area contributed by atoms with E-state index in [0.29, 0.717) is 23.9 Å². The zero-order valence-corrected chi connectivity index (χ0v) is 17.5. The maximum absolute atomic E-state index is 10.6. The van der Waals surface area contributed by atoms with Crippen molar-refractivity contribution in [3.63, 3.8) is 0 Å². The molecule has 7 nitrogen and oxygen atoms in total. The number of aromatic nitrogens is 2. The van der Waals surface area contributed by atoms with Gasteiger partial charge >= 0.3 is 0 Å². The molecule has 2 heterocycles. The van der Waals surface area contributed by atoms with Crippen molar-refractivity contribution in [1.82, 2.24) is 20.2 Å². The lowest BCUT2D eigenvalue weighted by molar-refractivity contribution is 0.414. The number of likely N-dealkylation sites (N-methyl/N-ethyl adjacent to an activating group) is 2. The first-order chi connectivity index (χ1) is 14.4. The number of hydrogen-bond donors (Lipinski definition) is 6. The van der Waals surface area contributed by atoms with Crippen LogP contribution in [0, 0.1) is 0 Å². The van der Waals surface area contributed by atoms with Gasteiger partial charge in [-0.1, -0.05) is 6.07 Å². The van der Waals surface area contributed by atoms with Gasteiger partial charge in [-0.15, -0.1) is 0 Å². The molecule has 4 aromatic rings. The van der Waals surface area contributed by atoms with Gasteiger partial charge in [0.15, 0.2) is 0 Å². The van der Waals surface area contributed by atoms with Crippen LogP contribution in [0.4, 0.5) is 0 Å². The standard InChI is InChI=1S/C23H28N4O3/c1-24-11-9-13-20-17(29)7-8-18(30)23(20)26-22(13)21-14(10-12-27(2)3)19-15(25-21)5-4-6-16(19)28/h4-8,24-26,28-30H,9-12H2,1-3H3. The third-order valence-electron chi connectivity index (χ3n) is 5.60. The third-order valence-corrected chi connectivity index (χ3v) is 5.60. The molecule has 4 rings (SSSR count). The zero-order valence-electron chi connectivity index (χ0n) is 17.5. The fourth-order valence-corrected chi connectivity index (χ4v) is 4.15. The summed E-state index contributed by atoms with van der Waals surface area (Å²) in [5, 5.41) is 36.2. The molecule has 0 saturated carbocycles. The van der Waals surface area contributed by atoms with E-state index in [-0.39, 0.29) is 17.2 Å². The van der Waals surface area contributed by atoms with Crippen LogP contribution in [0.2, 0.25) is 0 Å². The number of nitrogens with zero attached hydrogens (tertiary/aromatic N) is 1. The Morgan fingerprint density at radius 3 is 2.23 bits per heavy atom. The molecule has 0 saturated heterocycles. The Balaban J connectivity index is 2.02. The predicted octanol–water partition coefficient (Wildman–Crippen LogP) is 3.30. The number of phenolic OH excluding ortho intramolecular Hbond substituents is 3. The highest BCUT2D eigenvalue weighted by Gasteiger charge is 2.23. The van der Waals surface area contributed by atoms with E-state index in [4.69, 9.17) is 0 Å². The first kappa shape index (κ1) is 20.1. The summed E-state index contributed by atoms with van der Waals surface area (Å²) in [6, 6.07) is 8.47. The van der Waals surface area contributed by atoms with Crippen molar-refractivity contribution >= 4 is 21.8 Å². The fraction of sp³-hybridized carbons (Fsp3) is 0.304. The molecule has 30 heavy (non-hydrogen) atoms. The summed E-state index contributed by atoms with van der Waals surface area (Å²) in [5.74, 6) is 0.459. The van der Waals surface area contributed by atoms with E-state index in [9.17, 15) is 15.3 Å². The van der Waals surface area contributed by atoms with Gasteiger partial charge in [-0.05, 0) is 75.9 Å². The molecule has 2 aromatic heterocycles. The average molecular weight is 409 g/mol. The van der Waals surface area contributed by atoms with E-state index in [2.05, 4.69) is 20.2 Å². The molecule has 0 spiro atoms. The van der Waals surface area contributed by atoms with E-state index in [0.717, 1.165) is 46.4 Å². The molecule has 0 fully saturated rings. The lowest BCUT2D eigenvalue weighted by Gasteiger charge is -2.12. The SMILES string of the molecule is CNCCc1c(-c2[nH]c3cccc(O)c3c2CCN(C)C)[nH]c2c(O)ccc(O)c12. The highest BCUT2D eigenvalue weighted by molar-refractivity contribution is 6.01. The summed E-state index contributed by atoms with van der Waals surface area (Å²) in [7, 11) is 5.92. The first-order valence-corrected chi connectivity index (χ1v) is 10.1. The summed E-state index contributed by atoms with van der Waals surface area (Å²) in [4.78, 5) is 8.92. The van der Waals surface area contributed by atoms with Gasteiger partial charge in [-0.25, -0.2) is 0 Å². The van der Waals surface area contributed by atoms with Crippen LogP contribution in [-0.2, 0) is 12.8 Å². The van der Waals surface area contributed by atoms with E-state index in [1.54, 1.807) is 6.07 Å². The lowest BCUT2D eigenvalue weighted by atomic mass is 10.00. The van der Waals surface area contributed by atoms with E-state index in [1.807, 2.05) is 33.3 Å². The van der Waals surface area contributed by atoms with Gasteiger partial charge in [0.2, 0.25) is 0 Å². The second kappa shape index (κ2) is 7.93. The molecule has 7 heteroatoms. The summed E-state index contributed by atoms with van der Waals surface area (Å²) < 4.78 is 0. The number of rotatable bonds is 7. The zero-order chi connectivity index (χ0) is 21.4. The Bertz CT molecular complexity index is 1210. The highest BCUT2D eigenvalue weighted by atomic mass is 16.3. The van der Waals surface area contributed by atoms with Crippen LogP contribution in [0.15, 0.2) is 30.3 Å². The van der Waals surface area contributed by atoms with Crippen LogP contribution in [0.25, 0.3) is 33.2 Å². The number of nitrogens with one attached hydrogen (secondary N) is 3. The number of H-pyrrole nitrogens is 2. The highest BCUT2D eigenvalue weighted by Crippen LogP contribution is 2.42. The summed E-state index contributed by atoms with van der Waals surface area (Å²) in [6.45, 7) is 1.53. The minimum atomic E-state index is 0.0913. The molecule has 0 aliphatic carbocycles. The van der Waals surface area contributed by atoms with Gasteiger partial charge in [-0.3, -0.25) is 0 Å². The molecule has 0 radical (unpaired) electrons. The lowest BCUT2D eigenvalue weighted by Crippen LogP contribution is -2.15. The molecule has 158 valence electrons. The second-order valence-corrected chi connectivity index (χ2v) is 7.92. The van der Waals surface area contributed by atoms with Gasteiger partial charge in [-0.2, -0.15) is 0 Å². The average Bonchev–Trinajstić information content (AvgIpc) is 3.27. The van der Waals surface area contributed by atoms with Crippen molar-refractivity contribution in [1.29, 1.82) is 0 Å². The summed E-state index contributed by atoms with van der Waals surface area (Å²) in [5.41, 5.74) is 4.98. The molecule has 0 bridgehead atoms. The van der Waals surface area contributed by atoms with Gasteiger partial charge in [0.1, 0.15) is 17.2 Å². The van der Waals surface area contributed by atoms with Crippen LogP contribution in [-0.4, -0.2) is 64.4 Å². The molecule has 2 aromatic carbocycles. The van der Waals surface area contributed by atoms with Crippen LogP contribution < -0.4 is 5.32 Å². The van der Waals surface area contributed by atoms with E-state index < -0.39 is 0 Å². The monoisotopic (exact) mass is 408 g/mol. The topological polar surface area (TPSA) is 108 Å². The van der Waals surface area contributed by atoms with Crippen LogP contribution >= 0.6 is 0 Å². The van der Waals surface area contributed by atoms with E-state index in [1.165, 1.54) is 12.1 Å². The Morgan fingerprint density at radius 1 is 0.833 bits per heavy atom. The molecule has 0 aliphatic heterocycles. The number of hydrogen-bond acceptors (Lipinski definition) is 5. The molecule has 6 N–H and O–H groups in total. The number of benzene rings is 2. The van der Waals surface area contributed by atoms with Gasteiger partial charge in [0.25, 0.3) is 0 Å². The van der Waals surface area contributed by atoms with Crippen molar-refractivity contribution in [2.24, 2.45) is 0 Å². The van der Waals surface area contributed by atoms with Gasteiger partial charge < -0.3 is 35.5 Å². The fourth-order valence-electron chi connectivity index (χ4n) is 4.15. The van der Waals surface area contributed by atoms with Crippen molar-refractivity contribution < 1.29 is 15.3 Å². The Morgan fingerprint density at radius 2 is 1.50 bits per heavy atom. The molecule has 0 amide bonds. The number of aromatic hydroxyl groups is 3. The number of phenols is 3. The third kappa shape index (κ3) is 3.36. The Hall–Kier alpha value is -3.16. The summed E-state index contributed by atoms with van der Waals surface area (Å²) >= 11 is 0. The predicted molar refractivity (Wildman–Crippen MR) is 120 cm³/mol. The van der Waals surface area contributed by atoms with E-state index >= 15 is 0 Å². The maximum atomic E-state index is 10.6. The second-order valence-electron chi connectivity index (χ2n) is 7.92. The normalized spacial score (nSPS) is 11.9. The summed E-state index contributed by atoms with van der Waals surface area (Å²) in [6.07, 6.45) is 1.40. The number of fused-ring (bicyclic) bond motifs is 2. The smallest absolute Gasteiger partial charge is 0.139 e. The minimum Gasteiger partial charge on any atom is -0.507 e. The van der Waals surface area contributed by atoms with Crippen molar-refractivity contribution in [3.8, 4) is 28.6 Å². The van der Waals surface area contributed by atoms with Crippen LogP contribution in [0.1, 0.15) is 11.1 Å². The largest absolute Gasteiger partial charge is 0.507 e. The van der Waals surface area contributed by atoms with Crippen molar-refractivity contribution in [3.05, 3.63) is 41.5 Å². The maximum Gasteiger partial charge on any atom is 0.139 e. The van der Waals surface area contributed by atoms with Gasteiger partial charge in [0, 0.05) is 22.8 Å². The quantitative estimate of drug-likeness (QED) is 0.263. The molecule has 0 unspecified atom stereocenters. The Labute approximate surface area is 175 Å². The van der Waals surface area contributed by atoms with Crippen LogP contribution in [0.3, 0.4) is 0 Å². The van der Waals surface area contributed by atoms with Crippen LogP contribution in [0.5, 0.6) is 17.2 Å². The molecular formula is C23H28N4O3. The van der Waals surface area contributed by atoms with Crippen molar-refractivity contribution in [2.75, 3.05) is 34.2 Å². The number of aromatic amines is 2. The molecule has 0 atom stereocenters. The van der Waals surface area contributed by atoms with Gasteiger partial charge in [0.05, 0.1) is 16.9 Å². The molecular weight excluding hydrogens is 380 g/mol. The molecule has 0 aliphatic rings. The Kier molecular flexibility index (Phi) is 5.32. The minimum absolute atomic E-state index is 0.0913. The van der Waals surface area contributed by atoms with Crippen molar-refractivity contribution in [2.45, 2.75) is 12.8 Å².